The second-order valence-corrected chi connectivity index (χ2v) is 8.62. The van der Waals surface area contributed by atoms with Crippen molar-refractivity contribution >= 4 is 41.7 Å². The molecule has 0 spiro atoms. The zero-order valence-corrected chi connectivity index (χ0v) is 21.7. The summed E-state index contributed by atoms with van der Waals surface area (Å²) in [5.41, 5.74) is 3.14. The first-order valence-electron chi connectivity index (χ1n) is 11.2. The second kappa shape index (κ2) is 12.7. The number of nitrogens with one attached hydrogen (secondary N) is 3. The number of aliphatic imine (C=N–C) groups is 1. The second-order valence-electron chi connectivity index (χ2n) is 8.62. The molecule has 3 rings (SSSR count). The molecular formula is C25H36IN5O. The fraction of sp³-hybridized carbons (Fsp3) is 0.440. The number of hydrogen-bond acceptors (Lipinski definition) is 2. The molecule has 2 aromatic carbocycles. The van der Waals surface area contributed by atoms with E-state index in [2.05, 4.69) is 61.0 Å². The Morgan fingerprint density at radius 2 is 1.75 bits per heavy atom. The molecule has 2 aromatic rings. The molecule has 32 heavy (non-hydrogen) atoms. The molecule has 0 saturated carbocycles. The van der Waals surface area contributed by atoms with Gasteiger partial charge in [0.2, 0.25) is 0 Å². The van der Waals surface area contributed by atoms with E-state index >= 15 is 0 Å². The predicted molar refractivity (Wildman–Crippen MR) is 144 cm³/mol. The summed E-state index contributed by atoms with van der Waals surface area (Å²) < 4.78 is 0. The first-order chi connectivity index (χ1) is 15.0. The van der Waals surface area contributed by atoms with Crippen LogP contribution in [0.2, 0.25) is 0 Å². The number of likely N-dealkylation sites (tertiary alicyclic amines) is 1. The SMILES string of the molecule is CCNC(=NCc1cccc(NC(=O)N2CCCC2)c1)NCC(C)(C)c1ccccc1.I. The van der Waals surface area contributed by atoms with Crippen LogP contribution >= 0.6 is 24.0 Å². The van der Waals surface area contributed by atoms with E-state index in [9.17, 15) is 4.79 Å². The summed E-state index contributed by atoms with van der Waals surface area (Å²) in [6.45, 7) is 10.3. The van der Waals surface area contributed by atoms with Crippen molar-refractivity contribution in [2.75, 3.05) is 31.5 Å². The Bertz CT molecular complexity index is 879. The highest BCUT2D eigenvalue weighted by Gasteiger charge is 2.20. The molecule has 1 aliphatic heterocycles. The van der Waals surface area contributed by atoms with E-state index in [1.807, 2.05) is 35.2 Å². The summed E-state index contributed by atoms with van der Waals surface area (Å²) >= 11 is 0. The number of carbonyl (C=O) groups excluding carboxylic acids is 1. The van der Waals surface area contributed by atoms with Crippen LogP contribution in [0.3, 0.4) is 0 Å². The molecular weight excluding hydrogens is 513 g/mol. The number of rotatable bonds is 7. The maximum absolute atomic E-state index is 12.3. The van der Waals surface area contributed by atoms with Gasteiger partial charge in [-0.1, -0.05) is 56.3 Å². The van der Waals surface area contributed by atoms with Crippen molar-refractivity contribution in [2.24, 2.45) is 4.99 Å². The monoisotopic (exact) mass is 549 g/mol. The Labute approximate surface area is 209 Å². The van der Waals surface area contributed by atoms with Gasteiger partial charge in [0.05, 0.1) is 6.54 Å². The van der Waals surface area contributed by atoms with Crippen molar-refractivity contribution in [3.63, 3.8) is 0 Å². The maximum Gasteiger partial charge on any atom is 0.321 e. The van der Waals surface area contributed by atoms with Crippen LogP contribution in [0.4, 0.5) is 10.5 Å². The van der Waals surface area contributed by atoms with Gasteiger partial charge in [-0.3, -0.25) is 0 Å². The lowest BCUT2D eigenvalue weighted by molar-refractivity contribution is 0.222. The highest BCUT2D eigenvalue weighted by Crippen LogP contribution is 2.21. The fourth-order valence-corrected chi connectivity index (χ4v) is 3.68. The molecule has 1 fully saturated rings. The highest BCUT2D eigenvalue weighted by atomic mass is 127. The quantitative estimate of drug-likeness (QED) is 0.260. The van der Waals surface area contributed by atoms with Gasteiger partial charge in [-0.25, -0.2) is 9.79 Å². The zero-order valence-electron chi connectivity index (χ0n) is 19.4. The van der Waals surface area contributed by atoms with Crippen LogP contribution in [0.1, 0.15) is 44.7 Å². The Morgan fingerprint density at radius 3 is 2.44 bits per heavy atom. The standard InChI is InChI=1S/C25H35N5O.HI/c1-4-26-23(28-19-25(2,3)21-12-6-5-7-13-21)27-18-20-11-10-14-22(17-20)29-24(31)30-15-8-9-16-30;/h5-7,10-14,17H,4,8-9,15-16,18-19H2,1-3H3,(H,29,31)(H2,26,27,28);1H. The molecule has 1 heterocycles. The molecule has 7 heteroatoms. The highest BCUT2D eigenvalue weighted by molar-refractivity contribution is 14.0. The van der Waals surface area contributed by atoms with Crippen LogP contribution in [-0.2, 0) is 12.0 Å². The van der Waals surface area contributed by atoms with Crippen molar-refractivity contribution in [2.45, 2.75) is 45.6 Å². The number of anilines is 1. The molecule has 0 radical (unpaired) electrons. The average Bonchev–Trinajstić information content (AvgIpc) is 3.32. The van der Waals surface area contributed by atoms with Crippen LogP contribution in [0, 0.1) is 0 Å². The summed E-state index contributed by atoms with van der Waals surface area (Å²) in [7, 11) is 0. The predicted octanol–water partition coefficient (Wildman–Crippen LogP) is 4.97. The molecule has 0 bridgehead atoms. The van der Waals surface area contributed by atoms with Crippen molar-refractivity contribution in [3.05, 3.63) is 65.7 Å². The minimum absolute atomic E-state index is 0. The average molecular weight is 550 g/mol. The number of guanidine groups is 1. The summed E-state index contributed by atoms with van der Waals surface area (Å²) in [5, 5.41) is 9.81. The minimum Gasteiger partial charge on any atom is -0.357 e. The van der Waals surface area contributed by atoms with Crippen molar-refractivity contribution in [3.8, 4) is 0 Å². The van der Waals surface area contributed by atoms with Gasteiger partial charge in [0.1, 0.15) is 0 Å². The third kappa shape index (κ3) is 7.69. The Morgan fingerprint density at radius 1 is 1.03 bits per heavy atom. The van der Waals surface area contributed by atoms with E-state index < -0.39 is 0 Å². The van der Waals surface area contributed by atoms with Gasteiger partial charge in [-0.2, -0.15) is 0 Å². The topological polar surface area (TPSA) is 68.8 Å². The van der Waals surface area contributed by atoms with Gasteiger partial charge >= 0.3 is 6.03 Å². The molecule has 2 amide bonds. The molecule has 3 N–H and O–H groups in total. The van der Waals surface area contributed by atoms with Crippen molar-refractivity contribution in [1.29, 1.82) is 0 Å². The molecule has 0 atom stereocenters. The van der Waals surface area contributed by atoms with Crippen molar-refractivity contribution in [1.82, 2.24) is 15.5 Å². The van der Waals surface area contributed by atoms with Gasteiger partial charge in [0, 0.05) is 37.3 Å². The number of urea groups is 1. The lowest BCUT2D eigenvalue weighted by Gasteiger charge is -2.26. The smallest absolute Gasteiger partial charge is 0.321 e. The lowest BCUT2D eigenvalue weighted by atomic mass is 9.85. The maximum atomic E-state index is 12.3. The summed E-state index contributed by atoms with van der Waals surface area (Å²) in [4.78, 5) is 19.0. The van der Waals surface area contributed by atoms with E-state index in [0.717, 1.165) is 56.2 Å². The van der Waals surface area contributed by atoms with E-state index in [1.54, 1.807) is 0 Å². The third-order valence-electron chi connectivity index (χ3n) is 5.59. The van der Waals surface area contributed by atoms with Gasteiger partial charge in [0.15, 0.2) is 5.96 Å². The Kier molecular flexibility index (Phi) is 10.3. The van der Waals surface area contributed by atoms with Gasteiger partial charge < -0.3 is 20.9 Å². The number of nitrogens with zero attached hydrogens (tertiary/aromatic N) is 2. The Balaban J connectivity index is 0.00000363. The molecule has 1 aliphatic rings. The third-order valence-corrected chi connectivity index (χ3v) is 5.59. The number of halogens is 1. The summed E-state index contributed by atoms with van der Waals surface area (Å²) in [6, 6.07) is 18.4. The first kappa shape index (κ1) is 26.0. The van der Waals surface area contributed by atoms with Crippen molar-refractivity contribution < 1.29 is 4.79 Å². The molecule has 1 saturated heterocycles. The summed E-state index contributed by atoms with van der Waals surface area (Å²) in [6.07, 6.45) is 2.17. The van der Waals surface area contributed by atoms with Gasteiger partial charge in [0.25, 0.3) is 0 Å². The largest absolute Gasteiger partial charge is 0.357 e. The zero-order chi connectivity index (χ0) is 22.1. The minimum atomic E-state index is -0.0173. The van der Waals surface area contributed by atoms with E-state index in [1.165, 1.54) is 5.56 Å². The normalized spacial score (nSPS) is 14.0. The Hall–Kier alpha value is -2.29. The molecule has 0 aliphatic carbocycles. The number of amides is 2. The van der Waals surface area contributed by atoms with Crippen LogP contribution in [0.5, 0.6) is 0 Å². The van der Waals surface area contributed by atoms with Crippen LogP contribution in [0.15, 0.2) is 59.6 Å². The van der Waals surface area contributed by atoms with E-state index in [0.29, 0.717) is 6.54 Å². The van der Waals surface area contributed by atoms with E-state index in [4.69, 9.17) is 4.99 Å². The molecule has 174 valence electrons. The summed E-state index contributed by atoms with van der Waals surface area (Å²) in [5.74, 6) is 0.790. The lowest BCUT2D eigenvalue weighted by Crippen LogP contribution is -2.43. The van der Waals surface area contributed by atoms with Gasteiger partial charge in [-0.05, 0) is 43.0 Å². The van der Waals surface area contributed by atoms with Crippen LogP contribution in [0.25, 0.3) is 0 Å². The molecule has 0 unspecified atom stereocenters. The molecule has 6 nitrogen and oxygen atoms in total. The van der Waals surface area contributed by atoms with Crippen LogP contribution < -0.4 is 16.0 Å². The number of benzene rings is 2. The first-order valence-corrected chi connectivity index (χ1v) is 11.2. The van der Waals surface area contributed by atoms with Gasteiger partial charge in [-0.15, -0.1) is 24.0 Å². The number of carbonyl (C=O) groups is 1. The van der Waals surface area contributed by atoms with E-state index in [-0.39, 0.29) is 35.4 Å². The molecule has 0 aromatic heterocycles. The van der Waals surface area contributed by atoms with Crippen LogP contribution in [-0.4, -0.2) is 43.1 Å². The number of hydrogen-bond donors (Lipinski definition) is 3. The fourth-order valence-electron chi connectivity index (χ4n) is 3.68.